The third kappa shape index (κ3) is 7.64. The lowest BCUT2D eigenvalue weighted by atomic mass is 10.0. The standard InChI is InChI=1S/C28H31ClN2O2S/c1-20(2)30-28(33)26(17-22-9-5-4-6-10-22)31(18-23-11-7-8-12-25(23)29)27(32)19-34-24-15-13-21(3)14-16-24/h4-16,20,26H,17-19H2,1-3H3,(H,30,33)/t26-/m1/s1. The van der Waals surface area contributed by atoms with Gasteiger partial charge in [-0.1, -0.05) is 77.8 Å². The summed E-state index contributed by atoms with van der Waals surface area (Å²) in [7, 11) is 0. The van der Waals surface area contributed by atoms with Crippen molar-refractivity contribution in [2.45, 2.75) is 50.7 Å². The first-order valence-corrected chi connectivity index (χ1v) is 12.8. The van der Waals surface area contributed by atoms with Crippen LogP contribution in [-0.4, -0.2) is 34.6 Å². The fourth-order valence-electron chi connectivity index (χ4n) is 3.61. The minimum atomic E-state index is -0.660. The number of rotatable bonds is 10. The van der Waals surface area contributed by atoms with E-state index in [0.29, 0.717) is 11.4 Å². The minimum absolute atomic E-state index is 0.0371. The molecule has 0 heterocycles. The van der Waals surface area contributed by atoms with Crippen molar-refractivity contribution in [2.75, 3.05) is 5.75 Å². The first kappa shape index (κ1) is 25.9. The Morgan fingerprint density at radius 2 is 1.59 bits per heavy atom. The summed E-state index contributed by atoms with van der Waals surface area (Å²) < 4.78 is 0. The van der Waals surface area contributed by atoms with Crippen LogP contribution in [0.5, 0.6) is 0 Å². The van der Waals surface area contributed by atoms with Crippen molar-refractivity contribution < 1.29 is 9.59 Å². The molecular weight excluding hydrogens is 464 g/mol. The summed E-state index contributed by atoms with van der Waals surface area (Å²) in [6.07, 6.45) is 0.421. The highest BCUT2D eigenvalue weighted by atomic mass is 35.5. The van der Waals surface area contributed by atoms with Gasteiger partial charge >= 0.3 is 0 Å². The molecule has 0 aliphatic carbocycles. The van der Waals surface area contributed by atoms with Gasteiger partial charge in [0, 0.05) is 28.9 Å². The highest BCUT2D eigenvalue weighted by Gasteiger charge is 2.31. The molecule has 0 bridgehead atoms. The highest BCUT2D eigenvalue weighted by molar-refractivity contribution is 8.00. The Bertz CT molecular complexity index is 1090. The molecule has 3 aromatic carbocycles. The molecular formula is C28H31ClN2O2S. The molecule has 0 spiro atoms. The number of hydrogen-bond acceptors (Lipinski definition) is 3. The number of amides is 2. The predicted molar refractivity (Wildman–Crippen MR) is 141 cm³/mol. The molecule has 3 aromatic rings. The highest BCUT2D eigenvalue weighted by Crippen LogP contribution is 2.23. The smallest absolute Gasteiger partial charge is 0.243 e. The van der Waals surface area contributed by atoms with Crippen molar-refractivity contribution in [1.29, 1.82) is 0 Å². The molecule has 1 N–H and O–H groups in total. The summed E-state index contributed by atoms with van der Waals surface area (Å²) in [6, 6.07) is 24.6. The van der Waals surface area contributed by atoms with Gasteiger partial charge in [-0.15, -0.1) is 11.8 Å². The first-order valence-electron chi connectivity index (χ1n) is 11.4. The van der Waals surface area contributed by atoms with Gasteiger partial charge in [0.15, 0.2) is 0 Å². The van der Waals surface area contributed by atoms with E-state index in [0.717, 1.165) is 16.0 Å². The van der Waals surface area contributed by atoms with E-state index in [9.17, 15) is 9.59 Å². The number of carbonyl (C=O) groups is 2. The summed E-state index contributed by atoms with van der Waals surface area (Å²) in [5.74, 6) is -0.0433. The lowest BCUT2D eigenvalue weighted by molar-refractivity contribution is -0.139. The Kier molecular flexibility index (Phi) is 9.61. The molecule has 34 heavy (non-hydrogen) atoms. The van der Waals surface area contributed by atoms with Gasteiger partial charge in [0.05, 0.1) is 5.75 Å². The number of benzene rings is 3. The van der Waals surface area contributed by atoms with Crippen LogP contribution in [0.4, 0.5) is 0 Å². The third-order valence-corrected chi connectivity index (χ3v) is 6.75. The number of nitrogens with zero attached hydrogens (tertiary/aromatic N) is 1. The number of hydrogen-bond donors (Lipinski definition) is 1. The zero-order valence-electron chi connectivity index (χ0n) is 19.8. The van der Waals surface area contributed by atoms with Crippen LogP contribution in [-0.2, 0) is 22.6 Å². The lowest BCUT2D eigenvalue weighted by Gasteiger charge is -2.32. The van der Waals surface area contributed by atoms with Crippen molar-refractivity contribution in [2.24, 2.45) is 0 Å². The van der Waals surface area contributed by atoms with Gasteiger partial charge in [0.2, 0.25) is 11.8 Å². The molecule has 0 aromatic heterocycles. The van der Waals surface area contributed by atoms with Crippen LogP contribution < -0.4 is 5.32 Å². The second kappa shape index (κ2) is 12.6. The molecule has 2 amide bonds. The molecule has 0 aliphatic heterocycles. The summed E-state index contributed by atoms with van der Waals surface area (Å²) in [4.78, 5) is 29.6. The Balaban J connectivity index is 1.91. The summed E-state index contributed by atoms with van der Waals surface area (Å²) in [5.41, 5.74) is 2.98. The van der Waals surface area contributed by atoms with Gasteiger partial charge in [-0.2, -0.15) is 0 Å². The van der Waals surface area contributed by atoms with Crippen LogP contribution in [0.25, 0.3) is 0 Å². The second-order valence-corrected chi connectivity index (χ2v) is 10.0. The first-order chi connectivity index (χ1) is 16.3. The molecule has 178 valence electrons. The molecule has 0 unspecified atom stereocenters. The average molecular weight is 495 g/mol. The summed E-state index contributed by atoms with van der Waals surface area (Å²) in [5, 5.41) is 3.58. The van der Waals surface area contributed by atoms with Crippen LogP contribution in [0.15, 0.2) is 83.8 Å². The number of nitrogens with one attached hydrogen (secondary N) is 1. The van der Waals surface area contributed by atoms with Crippen LogP contribution >= 0.6 is 23.4 Å². The number of aryl methyl sites for hydroxylation is 1. The normalized spacial score (nSPS) is 11.8. The monoisotopic (exact) mass is 494 g/mol. The quantitative estimate of drug-likeness (QED) is 0.357. The van der Waals surface area contributed by atoms with E-state index in [4.69, 9.17) is 11.6 Å². The lowest BCUT2D eigenvalue weighted by Crippen LogP contribution is -2.52. The zero-order chi connectivity index (χ0) is 24.5. The Morgan fingerprint density at radius 1 is 0.941 bits per heavy atom. The van der Waals surface area contributed by atoms with E-state index in [-0.39, 0.29) is 30.2 Å². The predicted octanol–water partition coefficient (Wildman–Crippen LogP) is 5.91. The maximum atomic E-state index is 13.6. The second-order valence-electron chi connectivity index (χ2n) is 8.58. The van der Waals surface area contributed by atoms with Gasteiger partial charge in [0.25, 0.3) is 0 Å². The van der Waals surface area contributed by atoms with Crippen molar-refractivity contribution in [3.05, 3.63) is 101 Å². The fourth-order valence-corrected chi connectivity index (χ4v) is 4.59. The largest absolute Gasteiger partial charge is 0.352 e. The van der Waals surface area contributed by atoms with Crippen molar-refractivity contribution in [3.63, 3.8) is 0 Å². The van der Waals surface area contributed by atoms with Crippen molar-refractivity contribution in [1.82, 2.24) is 10.2 Å². The number of carbonyl (C=O) groups excluding carboxylic acids is 2. The minimum Gasteiger partial charge on any atom is -0.352 e. The average Bonchev–Trinajstić information content (AvgIpc) is 2.82. The van der Waals surface area contributed by atoms with Gasteiger partial charge < -0.3 is 10.2 Å². The number of halogens is 1. The van der Waals surface area contributed by atoms with E-state index in [2.05, 4.69) is 5.32 Å². The van der Waals surface area contributed by atoms with Gasteiger partial charge in [0.1, 0.15) is 6.04 Å². The Hall–Kier alpha value is -2.76. The molecule has 0 fully saturated rings. The molecule has 1 atom stereocenters. The zero-order valence-corrected chi connectivity index (χ0v) is 21.4. The van der Waals surface area contributed by atoms with Crippen LogP contribution in [0.2, 0.25) is 5.02 Å². The molecule has 6 heteroatoms. The Labute approximate surface area is 211 Å². The SMILES string of the molecule is Cc1ccc(SCC(=O)N(Cc2ccccc2Cl)[C@H](Cc2ccccc2)C(=O)NC(C)C)cc1. The van der Waals surface area contributed by atoms with E-state index < -0.39 is 6.04 Å². The molecule has 0 saturated heterocycles. The van der Waals surface area contributed by atoms with E-state index >= 15 is 0 Å². The van der Waals surface area contributed by atoms with Gasteiger partial charge in [-0.25, -0.2) is 0 Å². The summed E-state index contributed by atoms with van der Waals surface area (Å²) in [6.45, 7) is 6.14. The maximum Gasteiger partial charge on any atom is 0.243 e. The van der Waals surface area contributed by atoms with Crippen LogP contribution in [0, 0.1) is 6.92 Å². The third-order valence-electron chi connectivity index (χ3n) is 5.38. The molecule has 0 saturated carbocycles. The van der Waals surface area contributed by atoms with Crippen LogP contribution in [0.1, 0.15) is 30.5 Å². The van der Waals surface area contributed by atoms with Crippen molar-refractivity contribution in [3.8, 4) is 0 Å². The molecule has 3 rings (SSSR count). The van der Waals surface area contributed by atoms with Crippen molar-refractivity contribution >= 4 is 35.2 Å². The van der Waals surface area contributed by atoms with Gasteiger partial charge in [-0.05, 0) is 50.1 Å². The topological polar surface area (TPSA) is 49.4 Å². The van der Waals surface area contributed by atoms with Crippen LogP contribution in [0.3, 0.4) is 0 Å². The Morgan fingerprint density at radius 3 is 2.24 bits per heavy atom. The van der Waals surface area contributed by atoms with Gasteiger partial charge in [-0.3, -0.25) is 9.59 Å². The van der Waals surface area contributed by atoms with E-state index in [1.807, 2.05) is 93.6 Å². The maximum absolute atomic E-state index is 13.6. The summed E-state index contributed by atoms with van der Waals surface area (Å²) >= 11 is 7.92. The van der Waals surface area contributed by atoms with E-state index in [1.54, 1.807) is 11.0 Å². The molecule has 0 aliphatic rings. The fraction of sp³-hybridized carbons (Fsp3) is 0.286. The molecule has 0 radical (unpaired) electrons. The number of thioether (sulfide) groups is 1. The van der Waals surface area contributed by atoms with E-state index in [1.165, 1.54) is 17.3 Å². The molecule has 4 nitrogen and oxygen atoms in total.